The number of hydrogen-bond acceptors (Lipinski definition) is 4. The minimum Gasteiger partial charge on any atom is -0.489 e. The van der Waals surface area contributed by atoms with E-state index in [2.05, 4.69) is 60.2 Å². The Hall–Kier alpha value is -1.26. The van der Waals surface area contributed by atoms with Gasteiger partial charge in [0, 0.05) is 32.2 Å². The molecule has 2 aliphatic rings. The maximum absolute atomic E-state index is 6.05. The summed E-state index contributed by atoms with van der Waals surface area (Å²) >= 11 is 0. The zero-order valence-electron chi connectivity index (χ0n) is 21.0. The molecule has 178 valence electrons. The van der Waals surface area contributed by atoms with Crippen molar-refractivity contribution >= 4 is 5.69 Å². The van der Waals surface area contributed by atoms with E-state index in [1.54, 1.807) is 0 Å². The van der Waals surface area contributed by atoms with Crippen molar-refractivity contribution in [2.45, 2.75) is 91.7 Å². The first-order chi connectivity index (χ1) is 15.2. The molecule has 4 heteroatoms. The fourth-order valence-electron chi connectivity index (χ4n) is 5.06. The van der Waals surface area contributed by atoms with Crippen molar-refractivity contribution in [3.05, 3.63) is 24.3 Å². The normalized spacial score (nSPS) is 22.2. The monoisotopic (exact) mass is 431 g/mol. The molecule has 4 nitrogen and oxygen atoms in total. The average Bonchev–Trinajstić information content (AvgIpc) is 2.81. The molecule has 1 heterocycles. The molecule has 1 saturated carbocycles. The number of ether oxygens (including phenoxy) is 1. The van der Waals surface area contributed by atoms with Gasteiger partial charge in [0.15, 0.2) is 0 Å². The van der Waals surface area contributed by atoms with Gasteiger partial charge in [0.1, 0.15) is 5.75 Å². The maximum atomic E-state index is 6.05. The molecule has 1 aliphatic carbocycles. The maximum Gasteiger partial charge on any atom is 0.142 e. The molecule has 1 aliphatic heterocycles. The Morgan fingerprint density at radius 3 is 2.29 bits per heavy atom. The van der Waals surface area contributed by atoms with Gasteiger partial charge in [-0.2, -0.15) is 0 Å². The molecular formula is C27H49N3O. The van der Waals surface area contributed by atoms with Crippen LogP contribution < -0.4 is 15.0 Å². The number of para-hydroxylation sites is 2. The molecule has 1 N–H and O–H groups in total. The van der Waals surface area contributed by atoms with E-state index in [-0.39, 0.29) is 6.10 Å². The number of nitrogens with zero attached hydrogens (tertiary/aromatic N) is 2. The summed E-state index contributed by atoms with van der Waals surface area (Å²) in [5.41, 5.74) is 1.27. The van der Waals surface area contributed by atoms with Crippen LogP contribution >= 0.6 is 0 Å². The van der Waals surface area contributed by atoms with Crippen LogP contribution in [-0.4, -0.2) is 56.3 Å². The van der Waals surface area contributed by atoms with Gasteiger partial charge >= 0.3 is 0 Å². The lowest BCUT2D eigenvalue weighted by atomic mass is 9.82. The Labute approximate surface area is 192 Å². The zero-order chi connectivity index (χ0) is 22.5. The topological polar surface area (TPSA) is 27.7 Å². The van der Waals surface area contributed by atoms with Gasteiger partial charge in [-0.3, -0.25) is 4.90 Å². The Morgan fingerprint density at radius 1 is 0.968 bits per heavy atom. The number of benzene rings is 1. The molecule has 0 bridgehead atoms. The van der Waals surface area contributed by atoms with Crippen molar-refractivity contribution in [1.82, 2.24) is 10.2 Å². The van der Waals surface area contributed by atoms with Gasteiger partial charge in [0.25, 0.3) is 0 Å². The van der Waals surface area contributed by atoms with Crippen molar-refractivity contribution in [3.8, 4) is 5.75 Å². The summed E-state index contributed by atoms with van der Waals surface area (Å²) in [5, 5.41) is 3.45. The standard InChI is InChI=1S/C25H43N3O.C2H6/c1-4-26-16-8-7-9-22-12-14-23(15-13-22)27-17-19-28(20-18-27)24-10-5-6-11-25(24)29-21(2)3;1-2/h5-6,10-11,21-23,26H,4,7-9,12-20H2,1-3H3;1-2H3. The summed E-state index contributed by atoms with van der Waals surface area (Å²) in [5.74, 6) is 2.01. The quantitative estimate of drug-likeness (QED) is 0.463. The summed E-state index contributed by atoms with van der Waals surface area (Å²) in [4.78, 5) is 5.29. The van der Waals surface area contributed by atoms with Crippen LogP contribution in [0.2, 0.25) is 0 Å². The van der Waals surface area contributed by atoms with E-state index in [9.17, 15) is 0 Å². The molecule has 2 fully saturated rings. The average molecular weight is 432 g/mol. The van der Waals surface area contributed by atoms with E-state index in [4.69, 9.17) is 4.74 Å². The number of piperazine rings is 1. The van der Waals surface area contributed by atoms with Gasteiger partial charge in [-0.1, -0.05) is 45.7 Å². The van der Waals surface area contributed by atoms with Crippen LogP contribution in [0.25, 0.3) is 0 Å². The number of anilines is 1. The molecule has 0 aromatic heterocycles. The van der Waals surface area contributed by atoms with Crippen molar-refractivity contribution in [2.75, 3.05) is 44.2 Å². The second kappa shape index (κ2) is 14.7. The molecule has 1 aromatic rings. The van der Waals surface area contributed by atoms with Gasteiger partial charge in [0.2, 0.25) is 0 Å². The smallest absolute Gasteiger partial charge is 0.142 e. The fraction of sp³-hybridized carbons (Fsp3) is 0.778. The molecule has 0 radical (unpaired) electrons. The predicted molar refractivity (Wildman–Crippen MR) is 135 cm³/mol. The van der Waals surface area contributed by atoms with Crippen LogP contribution in [-0.2, 0) is 0 Å². The molecular weight excluding hydrogens is 382 g/mol. The van der Waals surface area contributed by atoms with Crippen LogP contribution in [0.4, 0.5) is 5.69 Å². The molecule has 1 aromatic carbocycles. The second-order valence-corrected chi connectivity index (χ2v) is 9.18. The van der Waals surface area contributed by atoms with Crippen LogP contribution in [0.3, 0.4) is 0 Å². The van der Waals surface area contributed by atoms with Gasteiger partial charge in [-0.25, -0.2) is 0 Å². The van der Waals surface area contributed by atoms with E-state index >= 15 is 0 Å². The largest absolute Gasteiger partial charge is 0.489 e. The van der Waals surface area contributed by atoms with E-state index < -0.39 is 0 Å². The third-order valence-corrected chi connectivity index (χ3v) is 6.68. The zero-order valence-corrected chi connectivity index (χ0v) is 21.0. The lowest BCUT2D eigenvalue weighted by molar-refractivity contribution is 0.126. The first kappa shape index (κ1) is 26.0. The lowest BCUT2D eigenvalue weighted by Gasteiger charge is -2.43. The number of rotatable bonds is 10. The summed E-state index contributed by atoms with van der Waals surface area (Å²) in [6.07, 6.45) is 10.1. The van der Waals surface area contributed by atoms with Crippen molar-refractivity contribution in [3.63, 3.8) is 0 Å². The van der Waals surface area contributed by atoms with Gasteiger partial charge in [0.05, 0.1) is 11.8 Å². The molecule has 0 unspecified atom stereocenters. The number of nitrogens with one attached hydrogen (secondary N) is 1. The first-order valence-corrected chi connectivity index (χ1v) is 13.1. The highest BCUT2D eigenvalue weighted by atomic mass is 16.5. The summed E-state index contributed by atoms with van der Waals surface area (Å²) < 4.78 is 6.05. The van der Waals surface area contributed by atoms with Crippen LogP contribution in [0, 0.1) is 5.92 Å². The highest BCUT2D eigenvalue weighted by Gasteiger charge is 2.28. The van der Waals surface area contributed by atoms with Crippen LogP contribution in [0.15, 0.2) is 24.3 Å². The lowest BCUT2D eigenvalue weighted by Crippen LogP contribution is -2.51. The minimum absolute atomic E-state index is 0.218. The van der Waals surface area contributed by atoms with Crippen LogP contribution in [0.1, 0.15) is 79.6 Å². The highest BCUT2D eigenvalue weighted by molar-refractivity contribution is 5.58. The minimum atomic E-state index is 0.218. The first-order valence-electron chi connectivity index (χ1n) is 13.1. The van der Waals surface area contributed by atoms with E-state index in [1.807, 2.05) is 13.8 Å². The summed E-state index contributed by atoms with van der Waals surface area (Å²) in [7, 11) is 0. The van der Waals surface area contributed by atoms with Crippen molar-refractivity contribution in [2.24, 2.45) is 5.92 Å². The Morgan fingerprint density at radius 2 is 1.65 bits per heavy atom. The Balaban J connectivity index is 0.00000166. The fourth-order valence-corrected chi connectivity index (χ4v) is 5.06. The molecule has 3 rings (SSSR count). The van der Waals surface area contributed by atoms with Gasteiger partial charge < -0.3 is 15.0 Å². The molecule has 0 spiro atoms. The van der Waals surface area contributed by atoms with Crippen molar-refractivity contribution in [1.29, 1.82) is 0 Å². The molecule has 0 amide bonds. The number of unbranched alkanes of at least 4 members (excludes halogenated alkanes) is 1. The summed E-state index contributed by atoms with van der Waals surface area (Å²) in [6.45, 7) is 17.3. The SMILES string of the molecule is CC.CCNCCCCC1CCC(N2CCN(c3ccccc3OC(C)C)CC2)CC1. The second-order valence-electron chi connectivity index (χ2n) is 9.18. The van der Waals surface area contributed by atoms with E-state index in [0.717, 1.165) is 37.3 Å². The summed E-state index contributed by atoms with van der Waals surface area (Å²) in [6, 6.07) is 9.36. The van der Waals surface area contributed by atoms with E-state index in [0.29, 0.717) is 0 Å². The highest BCUT2D eigenvalue weighted by Crippen LogP contribution is 2.33. The Kier molecular flexibility index (Phi) is 12.4. The predicted octanol–water partition coefficient (Wildman–Crippen LogP) is 5.96. The van der Waals surface area contributed by atoms with Crippen LogP contribution in [0.5, 0.6) is 5.75 Å². The molecule has 1 saturated heterocycles. The number of hydrogen-bond donors (Lipinski definition) is 1. The molecule has 31 heavy (non-hydrogen) atoms. The third-order valence-electron chi connectivity index (χ3n) is 6.68. The van der Waals surface area contributed by atoms with Crippen molar-refractivity contribution < 1.29 is 4.74 Å². The van der Waals surface area contributed by atoms with Gasteiger partial charge in [-0.05, 0) is 77.1 Å². The third kappa shape index (κ3) is 8.65. The van der Waals surface area contributed by atoms with E-state index in [1.165, 1.54) is 70.3 Å². The Bertz CT molecular complexity index is 576. The van der Waals surface area contributed by atoms with Gasteiger partial charge in [-0.15, -0.1) is 0 Å². The molecule has 0 atom stereocenters.